The Morgan fingerprint density at radius 1 is 1.55 bits per heavy atom. The van der Waals surface area contributed by atoms with E-state index < -0.39 is 16.6 Å². The Morgan fingerprint density at radius 2 is 2.30 bits per heavy atom. The molecule has 108 valence electrons. The van der Waals surface area contributed by atoms with Crippen molar-refractivity contribution in [1.82, 2.24) is 4.90 Å². The van der Waals surface area contributed by atoms with Crippen molar-refractivity contribution in [3.63, 3.8) is 0 Å². The maximum Gasteiger partial charge on any atom is 0.272 e. The molecule has 5 nitrogen and oxygen atoms in total. The predicted molar refractivity (Wildman–Crippen MR) is 72.4 cm³/mol. The Balaban J connectivity index is 2.12. The third-order valence-electron chi connectivity index (χ3n) is 3.48. The highest BCUT2D eigenvalue weighted by Crippen LogP contribution is 2.24. The summed E-state index contributed by atoms with van der Waals surface area (Å²) in [4.78, 5) is 23.6. The van der Waals surface area contributed by atoms with E-state index in [2.05, 4.69) is 0 Å². The highest BCUT2D eigenvalue weighted by molar-refractivity contribution is 6.17. The summed E-state index contributed by atoms with van der Waals surface area (Å²) in [6.45, 7) is 1.12. The number of carbonyl (C=O) groups excluding carboxylic acids is 1. The van der Waals surface area contributed by atoms with E-state index in [1.165, 1.54) is 6.07 Å². The number of halogens is 2. The van der Waals surface area contributed by atoms with E-state index in [0.717, 1.165) is 25.0 Å². The molecule has 0 aromatic heterocycles. The van der Waals surface area contributed by atoms with Crippen LogP contribution >= 0.6 is 11.6 Å². The first kappa shape index (κ1) is 14.7. The molecular weight excluding hydrogens is 287 g/mol. The fourth-order valence-electron chi connectivity index (χ4n) is 2.37. The van der Waals surface area contributed by atoms with E-state index in [-0.39, 0.29) is 11.3 Å². The van der Waals surface area contributed by atoms with Gasteiger partial charge in [0.05, 0.1) is 16.6 Å². The maximum atomic E-state index is 13.8. The van der Waals surface area contributed by atoms with Gasteiger partial charge < -0.3 is 4.90 Å². The Labute approximate surface area is 120 Å². The lowest BCUT2D eigenvalue weighted by Crippen LogP contribution is -2.29. The van der Waals surface area contributed by atoms with Gasteiger partial charge in [-0.05, 0) is 24.8 Å². The van der Waals surface area contributed by atoms with E-state index >= 15 is 0 Å². The average molecular weight is 301 g/mol. The van der Waals surface area contributed by atoms with E-state index in [4.69, 9.17) is 11.6 Å². The normalized spacial score (nSPS) is 18.3. The number of alkyl halides is 1. The molecule has 1 heterocycles. The zero-order valence-electron chi connectivity index (χ0n) is 10.7. The van der Waals surface area contributed by atoms with Crippen molar-refractivity contribution in [3.05, 3.63) is 39.7 Å². The van der Waals surface area contributed by atoms with Crippen molar-refractivity contribution < 1.29 is 14.1 Å². The second-order valence-electron chi connectivity index (χ2n) is 4.80. The van der Waals surface area contributed by atoms with Gasteiger partial charge in [0.25, 0.3) is 11.6 Å². The van der Waals surface area contributed by atoms with Crippen molar-refractivity contribution in [2.75, 3.05) is 19.0 Å². The van der Waals surface area contributed by atoms with Crippen molar-refractivity contribution in [3.8, 4) is 0 Å². The minimum Gasteiger partial charge on any atom is -0.338 e. The van der Waals surface area contributed by atoms with Crippen molar-refractivity contribution in [2.45, 2.75) is 12.8 Å². The SMILES string of the molecule is O=C(c1ccc([N+](=O)[O-])cc1F)N1CCC(CCCl)C1. The lowest BCUT2D eigenvalue weighted by Gasteiger charge is -2.16. The highest BCUT2D eigenvalue weighted by Gasteiger charge is 2.28. The van der Waals surface area contributed by atoms with Crippen LogP contribution in [0, 0.1) is 21.8 Å². The van der Waals surface area contributed by atoms with Gasteiger partial charge in [-0.3, -0.25) is 14.9 Å². The van der Waals surface area contributed by atoms with Gasteiger partial charge in [-0.25, -0.2) is 4.39 Å². The maximum absolute atomic E-state index is 13.8. The summed E-state index contributed by atoms with van der Waals surface area (Å²) in [6.07, 6.45) is 1.68. The summed E-state index contributed by atoms with van der Waals surface area (Å²) in [6, 6.07) is 3.09. The molecule has 0 N–H and O–H groups in total. The number of nitro groups is 1. The first-order valence-corrected chi connectivity index (χ1v) is 6.85. The molecular formula is C13H14ClFN2O3. The quantitative estimate of drug-likeness (QED) is 0.488. The van der Waals surface area contributed by atoms with Gasteiger partial charge in [0.15, 0.2) is 0 Å². The van der Waals surface area contributed by atoms with Gasteiger partial charge in [-0.15, -0.1) is 11.6 Å². The molecule has 2 rings (SSSR count). The summed E-state index contributed by atoms with van der Waals surface area (Å²) in [5, 5.41) is 10.5. The van der Waals surface area contributed by atoms with Crippen molar-refractivity contribution in [2.24, 2.45) is 5.92 Å². The number of nitrogens with zero attached hydrogens (tertiary/aromatic N) is 2. The standard InChI is InChI=1S/C13H14ClFN2O3/c14-5-3-9-4-6-16(8-9)13(18)11-2-1-10(17(19)20)7-12(11)15/h1-2,7,9H,3-6,8H2. The molecule has 1 aromatic carbocycles. The van der Waals surface area contributed by atoms with Gasteiger partial charge >= 0.3 is 0 Å². The lowest BCUT2D eigenvalue weighted by atomic mass is 10.1. The van der Waals surface area contributed by atoms with Gasteiger partial charge in [0.1, 0.15) is 5.82 Å². The molecule has 20 heavy (non-hydrogen) atoms. The summed E-state index contributed by atoms with van der Waals surface area (Å²) in [7, 11) is 0. The molecule has 1 aliphatic rings. The number of hydrogen-bond acceptors (Lipinski definition) is 3. The molecule has 0 bridgehead atoms. The molecule has 1 saturated heterocycles. The summed E-state index contributed by atoms with van der Waals surface area (Å²) < 4.78 is 13.8. The number of rotatable bonds is 4. The van der Waals surface area contributed by atoms with Crippen LogP contribution < -0.4 is 0 Å². The van der Waals surface area contributed by atoms with Crippen LogP contribution in [-0.2, 0) is 0 Å². The lowest BCUT2D eigenvalue weighted by molar-refractivity contribution is -0.385. The van der Waals surface area contributed by atoms with Gasteiger partial charge in [-0.1, -0.05) is 0 Å². The number of benzene rings is 1. The number of amides is 1. The number of carbonyl (C=O) groups is 1. The molecule has 0 spiro atoms. The highest BCUT2D eigenvalue weighted by atomic mass is 35.5. The molecule has 1 unspecified atom stereocenters. The summed E-state index contributed by atoms with van der Waals surface area (Å²) in [5.74, 6) is -0.393. The van der Waals surface area contributed by atoms with Crippen LogP contribution in [-0.4, -0.2) is 34.7 Å². The van der Waals surface area contributed by atoms with E-state index in [0.29, 0.717) is 24.9 Å². The number of likely N-dealkylation sites (tertiary alicyclic amines) is 1. The predicted octanol–water partition coefficient (Wildman–Crippen LogP) is 2.82. The third kappa shape index (κ3) is 3.07. The fraction of sp³-hybridized carbons (Fsp3) is 0.462. The number of non-ortho nitro benzene ring substituents is 1. The molecule has 0 radical (unpaired) electrons. The fourth-order valence-corrected chi connectivity index (χ4v) is 2.68. The number of hydrogen-bond donors (Lipinski definition) is 0. The second-order valence-corrected chi connectivity index (χ2v) is 5.18. The summed E-state index contributed by atoms with van der Waals surface area (Å²) in [5.41, 5.74) is -0.484. The Hall–Kier alpha value is -1.69. The third-order valence-corrected chi connectivity index (χ3v) is 3.70. The molecule has 1 fully saturated rings. The van der Waals surface area contributed by atoms with E-state index in [1.807, 2.05) is 0 Å². The number of nitro benzene ring substituents is 1. The minimum atomic E-state index is -0.856. The zero-order valence-corrected chi connectivity index (χ0v) is 11.5. The Kier molecular flexibility index (Phi) is 4.54. The first-order valence-electron chi connectivity index (χ1n) is 6.32. The van der Waals surface area contributed by atoms with Crippen LogP contribution in [0.2, 0.25) is 0 Å². The van der Waals surface area contributed by atoms with Crippen LogP contribution in [0.4, 0.5) is 10.1 Å². The van der Waals surface area contributed by atoms with Crippen molar-refractivity contribution in [1.29, 1.82) is 0 Å². The molecule has 1 aliphatic heterocycles. The first-order chi connectivity index (χ1) is 9.52. The van der Waals surface area contributed by atoms with Crippen LogP contribution in [0.1, 0.15) is 23.2 Å². The molecule has 1 amide bonds. The molecule has 1 aromatic rings. The topological polar surface area (TPSA) is 63.4 Å². The van der Waals surface area contributed by atoms with Gasteiger partial charge in [-0.2, -0.15) is 0 Å². The van der Waals surface area contributed by atoms with Crippen LogP contribution in [0.5, 0.6) is 0 Å². The van der Waals surface area contributed by atoms with E-state index in [9.17, 15) is 19.3 Å². The van der Waals surface area contributed by atoms with Gasteiger partial charge in [0, 0.05) is 25.0 Å². The molecule has 0 aliphatic carbocycles. The average Bonchev–Trinajstić information content (AvgIpc) is 2.87. The largest absolute Gasteiger partial charge is 0.338 e. The van der Waals surface area contributed by atoms with Crippen LogP contribution in [0.25, 0.3) is 0 Å². The zero-order chi connectivity index (χ0) is 14.7. The van der Waals surface area contributed by atoms with Crippen molar-refractivity contribution >= 4 is 23.2 Å². The molecule has 0 saturated carbocycles. The van der Waals surface area contributed by atoms with E-state index in [1.54, 1.807) is 4.90 Å². The van der Waals surface area contributed by atoms with Crippen LogP contribution in [0.3, 0.4) is 0 Å². The molecule has 7 heteroatoms. The smallest absolute Gasteiger partial charge is 0.272 e. The monoisotopic (exact) mass is 300 g/mol. The minimum absolute atomic E-state index is 0.123. The summed E-state index contributed by atoms with van der Waals surface area (Å²) >= 11 is 5.67. The Bertz CT molecular complexity index is 538. The second kappa shape index (κ2) is 6.17. The van der Waals surface area contributed by atoms with Crippen LogP contribution in [0.15, 0.2) is 18.2 Å². The Morgan fingerprint density at radius 3 is 2.90 bits per heavy atom. The van der Waals surface area contributed by atoms with Gasteiger partial charge in [0.2, 0.25) is 0 Å². The molecule has 1 atom stereocenters.